The number of carbonyl (C=O) groups is 4. The van der Waals surface area contributed by atoms with Crippen molar-refractivity contribution >= 4 is 23.8 Å². The summed E-state index contributed by atoms with van der Waals surface area (Å²) in [5, 5.41) is 5.42. The van der Waals surface area contributed by atoms with Gasteiger partial charge in [0.05, 0.1) is 6.42 Å². The van der Waals surface area contributed by atoms with Gasteiger partial charge in [-0.15, -0.1) is 0 Å². The van der Waals surface area contributed by atoms with Crippen LogP contribution in [-0.4, -0.2) is 53.4 Å². The molecule has 4 amide bonds. The molecule has 1 rings (SSSR count). The Balaban J connectivity index is 3.39. The van der Waals surface area contributed by atoms with Crippen LogP contribution in [-0.2, 0) is 19.1 Å². The van der Waals surface area contributed by atoms with E-state index in [1.54, 1.807) is 27.7 Å². The Bertz CT molecular complexity index is 874. The van der Waals surface area contributed by atoms with E-state index in [4.69, 9.17) is 10.5 Å². The molecule has 4 N–H and O–H groups in total. The zero-order chi connectivity index (χ0) is 26.8. The van der Waals surface area contributed by atoms with E-state index in [1.165, 1.54) is 4.90 Å². The lowest BCUT2D eigenvalue weighted by atomic mass is 9.93. The number of benzene rings is 1. The van der Waals surface area contributed by atoms with E-state index in [0.29, 0.717) is 12.1 Å². The molecule has 1 aromatic rings. The van der Waals surface area contributed by atoms with E-state index < -0.39 is 42.0 Å². The number of aryl methyl sites for hydroxylation is 2. The van der Waals surface area contributed by atoms with Crippen LogP contribution in [0.2, 0.25) is 0 Å². The molecule has 9 heteroatoms. The van der Waals surface area contributed by atoms with Crippen molar-refractivity contribution in [2.24, 2.45) is 5.73 Å². The number of nitrogens with two attached hydrogens (primary N) is 1. The highest BCUT2D eigenvalue weighted by Crippen LogP contribution is 2.28. The Labute approximate surface area is 209 Å². The maximum Gasteiger partial charge on any atom is 0.408 e. The fourth-order valence-corrected chi connectivity index (χ4v) is 3.89. The number of hydrogen-bond acceptors (Lipinski definition) is 5. The zero-order valence-electron chi connectivity index (χ0n) is 22.2. The molecule has 196 valence electrons. The van der Waals surface area contributed by atoms with Crippen LogP contribution >= 0.6 is 0 Å². The van der Waals surface area contributed by atoms with Gasteiger partial charge >= 0.3 is 6.09 Å². The lowest BCUT2D eigenvalue weighted by Crippen LogP contribution is -2.54. The molecule has 0 aliphatic heterocycles. The van der Waals surface area contributed by atoms with Crippen LogP contribution in [0.5, 0.6) is 0 Å². The molecule has 0 saturated carbocycles. The number of primary amides is 1. The first-order valence-corrected chi connectivity index (χ1v) is 12.2. The largest absolute Gasteiger partial charge is 0.444 e. The van der Waals surface area contributed by atoms with Gasteiger partial charge in [0.2, 0.25) is 17.7 Å². The van der Waals surface area contributed by atoms with E-state index >= 15 is 0 Å². The van der Waals surface area contributed by atoms with Crippen molar-refractivity contribution in [3.8, 4) is 0 Å². The molecule has 0 bridgehead atoms. The minimum Gasteiger partial charge on any atom is -0.444 e. The number of nitrogens with zero attached hydrogens (tertiary/aromatic N) is 1. The predicted molar refractivity (Wildman–Crippen MR) is 136 cm³/mol. The van der Waals surface area contributed by atoms with Crippen molar-refractivity contribution in [1.82, 2.24) is 15.5 Å². The van der Waals surface area contributed by atoms with Gasteiger partial charge in [0.25, 0.3) is 0 Å². The number of amides is 4. The van der Waals surface area contributed by atoms with Gasteiger partial charge < -0.3 is 26.0 Å². The van der Waals surface area contributed by atoms with Crippen LogP contribution in [0, 0.1) is 13.8 Å². The van der Waals surface area contributed by atoms with Crippen LogP contribution in [0.1, 0.15) is 83.0 Å². The summed E-state index contributed by atoms with van der Waals surface area (Å²) in [7, 11) is 0. The topological polar surface area (TPSA) is 131 Å². The minimum absolute atomic E-state index is 0.172. The average Bonchev–Trinajstić information content (AvgIpc) is 2.73. The molecule has 0 saturated heterocycles. The third-order valence-corrected chi connectivity index (χ3v) is 5.47. The van der Waals surface area contributed by atoms with E-state index in [2.05, 4.69) is 17.6 Å². The van der Waals surface area contributed by atoms with E-state index in [9.17, 15) is 19.2 Å². The van der Waals surface area contributed by atoms with Gasteiger partial charge in [0.15, 0.2) is 0 Å². The summed E-state index contributed by atoms with van der Waals surface area (Å²) in [5.41, 5.74) is 7.02. The molecule has 0 radical (unpaired) electrons. The second-order valence-electron chi connectivity index (χ2n) is 9.70. The summed E-state index contributed by atoms with van der Waals surface area (Å²) in [4.78, 5) is 52.7. The SMILES string of the molecule is CCCCCNC(=O)C(c1c(C)cccc1C)N(CC)C(=O)C(CC(N)=O)NC(=O)OC(C)(C)C. The first-order valence-electron chi connectivity index (χ1n) is 12.2. The number of unbranched alkanes of at least 4 members (excludes halogenated alkanes) is 2. The standard InChI is InChI=1S/C26H42N4O5/c1-8-10-11-15-28-23(32)22(21-17(3)13-12-14-18(21)4)30(9-2)24(33)19(16-20(27)31)29-25(34)35-26(5,6)7/h12-14,19,22H,8-11,15-16H2,1-7H3,(H2,27,31)(H,28,32)(H,29,34). The van der Waals surface area contributed by atoms with Crippen molar-refractivity contribution in [3.63, 3.8) is 0 Å². The third kappa shape index (κ3) is 9.58. The van der Waals surface area contributed by atoms with E-state index in [-0.39, 0.29) is 12.5 Å². The molecule has 9 nitrogen and oxygen atoms in total. The zero-order valence-corrected chi connectivity index (χ0v) is 22.2. The maximum atomic E-state index is 13.7. The number of alkyl carbamates (subject to hydrolysis) is 1. The first kappa shape index (κ1) is 29.9. The lowest BCUT2D eigenvalue weighted by Gasteiger charge is -2.34. The number of carbonyl (C=O) groups excluding carboxylic acids is 4. The van der Waals surface area contributed by atoms with Crippen molar-refractivity contribution in [3.05, 3.63) is 34.9 Å². The molecule has 0 heterocycles. The number of likely N-dealkylation sites (N-methyl/N-ethyl adjacent to an activating group) is 1. The summed E-state index contributed by atoms with van der Waals surface area (Å²) in [6.45, 7) is 13.3. The van der Waals surface area contributed by atoms with Gasteiger partial charge in [-0.3, -0.25) is 14.4 Å². The molecule has 0 aliphatic carbocycles. The highest BCUT2D eigenvalue weighted by Gasteiger charge is 2.37. The Morgan fingerprint density at radius 3 is 2.14 bits per heavy atom. The van der Waals surface area contributed by atoms with Gasteiger partial charge in [-0.25, -0.2) is 4.79 Å². The number of rotatable bonds is 12. The predicted octanol–water partition coefficient (Wildman–Crippen LogP) is 3.27. The van der Waals surface area contributed by atoms with Crippen LogP contribution in [0.15, 0.2) is 18.2 Å². The molecule has 0 fully saturated rings. The van der Waals surface area contributed by atoms with Crippen molar-refractivity contribution < 1.29 is 23.9 Å². The molecule has 35 heavy (non-hydrogen) atoms. The van der Waals surface area contributed by atoms with Gasteiger partial charge in [-0.1, -0.05) is 38.0 Å². The summed E-state index contributed by atoms with van der Waals surface area (Å²) < 4.78 is 5.27. The normalized spacial score (nSPS) is 12.9. The third-order valence-electron chi connectivity index (χ3n) is 5.47. The maximum absolute atomic E-state index is 13.7. The summed E-state index contributed by atoms with van der Waals surface area (Å²) in [6, 6.07) is 3.45. The number of nitrogens with one attached hydrogen (secondary N) is 2. The molecule has 2 atom stereocenters. The van der Waals surface area contributed by atoms with Crippen molar-refractivity contribution in [2.75, 3.05) is 13.1 Å². The fourth-order valence-electron chi connectivity index (χ4n) is 3.89. The van der Waals surface area contributed by atoms with Crippen LogP contribution in [0.25, 0.3) is 0 Å². The van der Waals surface area contributed by atoms with Gasteiger partial charge in [-0.05, 0) is 64.7 Å². The molecular weight excluding hydrogens is 448 g/mol. The summed E-state index contributed by atoms with van der Waals surface area (Å²) >= 11 is 0. The highest BCUT2D eigenvalue weighted by molar-refractivity contribution is 5.94. The van der Waals surface area contributed by atoms with Crippen LogP contribution < -0.4 is 16.4 Å². The van der Waals surface area contributed by atoms with Crippen LogP contribution in [0.3, 0.4) is 0 Å². The number of hydrogen-bond donors (Lipinski definition) is 3. The van der Waals surface area contributed by atoms with Crippen LogP contribution in [0.4, 0.5) is 4.79 Å². The van der Waals surface area contributed by atoms with Crippen molar-refractivity contribution in [2.45, 2.75) is 91.8 Å². The first-order chi connectivity index (χ1) is 16.3. The van der Waals surface area contributed by atoms with E-state index in [0.717, 1.165) is 30.4 Å². The van der Waals surface area contributed by atoms with Gasteiger partial charge in [0.1, 0.15) is 17.7 Å². The summed E-state index contributed by atoms with van der Waals surface area (Å²) in [6.07, 6.45) is 1.55. The molecular formula is C26H42N4O5. The monoisotopic (exact) mass is 490 g/mol. The Morgan fingerprint density at radius 1 is 1.06 bits per heavy atom. The fraction of sp³-hybridized carbons (Fsp3) is 0.615. The molecule has 0 aromatic heterocycles. The average molecular weight is 491 g/mol. The molecule has 1 aromatic carbocycles. The second-order valence-corrected chi connectivity index (χ2v) is 9.70. The Hall–Kier alpha value is -3.10. The second kappa shape index (κ2) is 13.7. The lowest BCUT2D eigenvalue weighted by molar-refractivity contribution is -0.143. The van der Waals surface area contributed by atoms with Gasteiger partial charge in [0, 0.05) is 13.1 Å². The summed E-state index contributed by atoms with van der Waals surface area (Å²) in [5.74, 6) is -1.67. The Morgan fingerprint density at radius 2 is 1.66 bits per heavy atom. The molecule has 0 spiro atoms. The smallest absolute Gasteiger partial charge is 0.408 e. The molecule has 2 unspecified atom stereocenters. The minimum atomic E-state index is -1.28. The number of ether oxygens (including phenoxy) is 1. The quantitative estimate of drug-likeness (QED) is 0.387. The van der Waals surface area contributed by atoms with E-state index in [1.807, 2.05) is 32.0 Å². The van der Waals surface area contributed by atoms with Gasteiger partial charge in [-0.2, -0.15) is 0 Å². The van der Waals surface area contributed by atoms with Crippen molar-refractivity contribution in [1.29, 1.82) is 0 Å². The Kier molecular flexibility index (Phi) is 11.7. The molecule has 0 aliphatic rings. The highest BCUT2D eigenvalue weighted by atomic mass is 16.6.